The lowest BCUT2D eigenvalue weighted by Gasteiger charge is -2.37. The number of nitrogens with zero attached hydrogens (tertiary/aromatic N) is 2. The van der Waals surface area contributed by atoms with Crippen molar-refractivity contribution >= 4 is 0 Å². The van der Waals surface area contributed by atoms with Gasteiger partial charge in [0.25, 0.3) is 0 Å². The first kappa shape index (κ1) is 14.5. The maximum Gasteiger partial charge on any atom is 0.0221 e. The molecule has 1 aromatic rings. The highest BCUT2D eigenvalue weighted by molar-refractivity contribution is 5.14. The van der Waals surface area contributed by atoms with Crippen LogP contribution in [0.4, 0.5) is 0 Å². The Balaban J connectivity index is 1.78. The maximum absolute atomic E-state index is 5.65. The average molecular weight is 261 g/mol. The zero-order valence-corrected chi connectivity index (χ0v) is 12.1. The summed E-state index contributed by atoms with van der Waals surface area (Å²) in [5, 5.41) is 0. The summed E-state index contributed by atoms with van der Waals surface area (Å²) in [6, 6.07) is 11.5. The smallest absolute Gasteiger partial charge is 0.0221 e. The van der Waals surface area contributed by atoms with Crippen LogP contribution in [-0.2, 0) is 6.42 Å². The predicted octanol–water partition coefficient (Wildman–Crippen LogP) is 1.58. The predicted molar refractivity (Wildman–Crippen MR) is 81.3 cm³/mol. The molecule has 0 saturated carbocycles. The van der Waals surface area contributed by atoms with Crippen molar-refractivity contribution in [2.24, 2.45) is 5.73 Å². The van der Waals surface area contributed by atoms with E-state index >= 15 is 0 Å². The maximum atomic E-state index is 5.65. The van der Waals surface area contributed by atoms with Crippen LogP contribution < -0.4 is 5.73 Å². The summed E-state index contributed by atoms with van der Waals surface area (Å²) in [6.07, 6.45) is 3.79. The normalized spacial score (nSPS) is 20.9. The number of nitrogens with two attached hydrogens (primary N) is 1. The molecular weight excluding hydrogens is 234 g/mol. The zero-order valence-electron chi connectivity index (χ0n) is 12.1. The quantitative estimate of drug-likeness (QED) is 0.844. The van der Waals surface area contributed by atoms with E-state index in [0.717, 1.165) is 19.5 Å². The molecule has 0 amide bonds. The van der Waals surface area contributed by atoms with Gasteiger partial charge in [-0.05, 0) is 38.4 Å². The van der Waals surface area contributed by atoms with Crippen molar-refractivity contribution in [3.63, 3.8) is 0 Å². The van der Waals surface area contributed by atoms with Crippen LogP contribution in [0.15, 0.2) is 30.3 Å². The van der Waals surface area contributed by atoms with Gasteiger partial charge < -0.3 is 15.5 Å². The van der Waals surface area contributed by atoms with Crippen molar-refractivity contribution in [2.75, 3.05) is 39.8 Å². The molecule has 3 heteroatoms. The van der Waals surface area contributed by atoms with Gasteiger partial charge in [-0.3, -0.25) is 0 Å². The molecule has 19 heavy (non-hydrogen) atoms. The monoisotopic (exact) mass is 261 g/mol. The van der Waals surface area contributed by atoms with E-state index < -0.39 is 0 Å². The SMILES string of the molecule is CN(CCN)C1CCCN(CCc2ccccc2)C1. The lowest BCUT2D eigenvalue weighted by atomic mass is 10.0. The first-order valence-electron chi connectivity index (χ1n) is 7.46. The van der Waals surface area contributed by atoms with Gasteiger partial charge in [0.15, 0.2) is 0 Å². The molecule has 0 aromatic heterocycles. The molecule has 1 aliphatic rings. The Morgan fingerprint density at radius 3 is 2.84 bits per heavy atom. The third-order valence-corrected chi connectivity index (χ3v) is 4.15. The summed E-state index contributed by atoms with van der Waals surface area (Å²) < 4.78 is 0. The van der Waals surface area contributed by atoms with Crippen molar-refractivity contribution in [1.82, 2.24) is 9.80 Å². The molecule has 106 valence electrons. The molecule has 0 spiro atoms. The minimum Gasteiger partial charge on any atom is -0.329 e. The van der Waals surface area contributed by atoms with Crippen molar-refractivity contribution in [2.45, 2.75) is 25.3 Å². The average Bonchev–Trinajstić information content (AvgIpc) is 2.47. The van der Waals surface area contributed by atoms with Gasteiger partial charge >= 0.3 is 0 Å². The van der Waals surface area contributed by atoms with Crippen molar-refractivity contribution in [1.29, 1.82) is 0 Å². The summed E-state index contributed by atoms with van der Waals surface area (Å²) in [4.78, 5) is 5.03. The molecule has 2 N–H and O–H groups in total. The van der Waals surface area contributed by atoms with Gasteiger partial charge in [-0.25, -0.2) is 0 Å². The van der Waals surface area contributed by atoms with Gasteiger partial charge in [0.1, 0.15) is 0 Å². The van der Waals surface area contributed by atoms with Crippen LogP contribution in [0.25, 0.3) is 0 Å². The van der Waals surface area contributed by atoms with E-state index in [-0.39, 0.29) is 0 Å². The Hall–Kier alpha value is -0.900. The van der Waals surface area contributed by atoms with Crippen LogP contribution in [0.5, 0.6) is 0 Å². The molecular formula is C16H27N3. The number of hydrogen-bond acceptors (Lipinski definition) is 3. The summed E-state index contributed by atoms with van der Waals surface area (Å²) >= 11 is 0. The fourth-order valence-corrected chi connectivity index (χ4v) is 2.91. The molecule has 2 rings (SSSR count). The van der Waals surface area contributed by atoms with E-state index in [1.54, 1.807) is 0 Å². The second-order valence-corrected chi connectivity index (χ2v) is 5.60. The van der Waals surface area contributed by atoms with Crippen molar-refractivity contribution in [3.05, 3.63) is 35.9 Å². The highest BCUT2D eigenvalue weighted by Crippen LogP contribution is 2.15. The van der Waals surface area contributed by atoms with E-state index in [0.29, 0.717) is 6.04 Å². The summed E-state index contributed by atoms with van der Waals surface area (Å²) in [5.74, 6) is 0. The first-order chi connectivity index (χ1) is 9.29. The molecule has 0 bridgehead atoms. The Labute approximate surface area is 117 Å². The molecule has 1 saturated heterocycles. The Morgan fingerprint density at radius 1 is 1.32 bits per heavy atom. The van der Waals surface area contributed by atoms with Gasteiger partial charge in [-0.1, -0.05) is 30.3 Å². The van der Waals surface area contributed by atoms with Crippen LogP contribution >= 0.6 is 0 Å². The topological polar surface area (TPSA) is 32.5 Å². The molecule has 1 aromatic carbocycles. The van der Waals surface area contributed by atoms with Crippen LogP contribution in [-0.4, -0.2) is 55.6 Å². The zero-order chi connectivity index (χ0) is 13.5. The lowest BCUT2D eigenvalue weighted by molar-refractivity contribution is 0.119. The molecule has 1 aliphatic heterocycles. The molecule has 0 aliphatic carbocycles. The fraction of sp³-hybridized carbons (Fsp3) is 0.625. The summed E-state index contributed by atoms with van der Waals surface area (Å²) in [6.45, 7) is 5.40. The van der Waals surface area contributed by atoms with Gasteiger partial charge in [0.2, 0.25) is 0 Å². The molecule has 1 unspecified atom stereocenters. The van der Waals surface area contributed by atoms with E-state index in [1.165, 1.54) is 38.0 Å². The van der Waals surface area contributed by atoms with E-state index in [9.17, 15) is 0 Å². The number of rotatable bonds is 6. The number of benzene rings is 1. The third-order valence-electron chi connectivity index (χ3n) is 4.15. The second kappa shape index (κ2) is 7.63. The Bertz CT molecular complexity index is 352. The van der Waals surface area contributed by atoms with Crippen molar-refractivity contribution < 1.29 is 0 Å². The van der Waals surface area contributed by atoms with Crippen LogP contribution in [0.1, 0.15) is 18.4 Å². The van der Waals surface area contributed by atoms with Gasteiger partial charge in [-0.2, -0.15) is 0 Å². The number of hydrogen-bond donors (Lipinski definition) is 1. The minimum absolute atomic E-state index is 0.688. The highest BCUT2D eigenvalue weighted by Gasteiger charge is 2.22. The largest absolute Gasteiger partial charge is 0.329 e. The van der Waals surface area contributed by atoms with Crippen LogP contribution in [0.2, 0.25) is 0 Å². The van der Waals surface area contributed by atoms with E-state index in [4.69, 9.17) is 5.73 Å². The van der Waals surface area contributed by atoms with Crippen LogP contribution in [0, 0.1) is 0 Å². The van der Waals surface area contributed by atoms with Crippen LogP contribution in [0.3, 0.4) is 0 Å². The molecule has 1 fully saturated rings. The molecule has 0 radical (unpaired) electrons. The van der Waals surface area contributed by atoms with Gasteiger partial charge in [0.05, 0.1) is 0 Å². The standard InChI is InChI=1S/C16H27N3/c1-18(13-10-17)16-8-5-11-19(14-16)12-9-15-6-3-2-4-7-15/h2-4,6-7,16H,5,8-14,17H2,1H3. The lowest BCUT2D eigenvalue weighted by Crippen LogP contribution is -2.48. The first-order valence-corrected chi connectivity index (χ1v) is 7.46. The number of likely N-dealkylation sites (tertiary alicyclic amines) is 1. The molecule has 3 nitrogen and oxygen atoms in total. The van der Waals surface area contributed by atoms with E-state index in [1.807, 2.05) is 0 Å². The Kier molecular flexibility index (Phi) is 5.83. The van der Waals surface area contributed by atoms with Gasteiger partial charge in [-0.15, -0.1) is 0 Å². The Morgan fingerprint density at radius 2 is 2.11 bits per heavy atom. The second-order valence-electron chi connectivity index (χ2n) is 5.60. The van der Waals surface area contributed by atoms with E-state index in [2.05, 4.69) is 47.2 Å². The fourth-order valence-electron chi connectivity index (χ4n) is 2.91. The highest BCUT2D eigenvalue weighted by atomic mass is 15.2. The third kappa shape index (κ3) is 4.60. The number of piperidine rings is 1. The number of likely N-dealkylation sites (N-methyl/N-ethyl adjacent to an activating group) is 1. The molecule has 1 heterocycles. The van der Waals surface area contributed by atoms with Gasteiger partial charge in [0, 0.05) is 32.2 Å². The summed E-state index contributed by atoms with van der Waals surface area (Å²) in [5.41, 5.74) is 7.09. The molecule has 1 atom stereocenters. The summed E-state index contributed by atoms with van der Waals surface area (Å²) in [7, 11) is 2.21. The van der Waals surface area contributed by atoms with Crippen molar-refractivity contribution in [3.8, 4) is 0 Å². The minimum atomic E-state index is 0.688.